The van der Waals surface area contributed by atoms with Gasteiger partial charge in [-0.15, -0.1) is 0 Å². The van der Waals surface area contributed by atoms with Gasteiger partial charge in [0.15, 0.2) is 11.6 Å². The van der Waals surface area contributed by atoms with Crippen LogP contribution in [0.25, 0.3) is 0 Å². The summed E-state index contributed by atoms with van der Waals surface area (Å²) in [4.78, 5) is 4.22. The van der Waals surface area contributed by atoms with Crippen molar-refractivity contribution in [3.05, 3.63) is 57.6 Å². The van der Waals surface area contributed by atoms with Crippen LogP contribution in [0.4, 0.5) is 4.39 Å². The van der Waals surface area contributed by atoms with Crippen molar-refractivity contribution in [1.29, 1.82) is 0 Å². The van der Waals surface area contributed by atoms with Gasteiger partial charge < -0.3 is 10.1 Å². The Kier molecular flexibility index (Phi) is 4.81. The van der Waals surface area contributed by atoms with Gasteiger partial charge in [-0.05, 0) is 30.8 Å². The summed E-state index contributed by atoms with van der Waals surface area (Å²) in [6, 6.07) is 6.00. The standard InChI is InChI=1S/C14H13Cl2FN2O/c1-18-13(14-10(16)6-9(15)7-19-14)8-3-4-12(20-2)11(17)5-8/h3-7,13,18H,1-2H3. The van der Waals surface area contributed by atoms with Gasteiger partial charge in [0.2, 0.25) is 0 Å². The maximum absolute atomic E-state index is 13.8. The van der Waals surface area contributed by atoms with Crippen molar-refractivity contribution in [3.63, 3.8) is 0 Å². The molecule has 0 amide bonds. The molecule has 106 valence electrons. The fourth-order valence-electron chi connectivity index (χ4n) is 1.96. The largest absolute Gasteiger partial charge is 0.494 e. The van der Waals surface area contributed by atoms with Crippen LogP contribution in [-0.2, 0) is 0 Å². The molecule has 0 aliphatic carbocycles. The van der Waals surface area contributed by atoms with E-state index in [1.165, 1.54) is 19.4 Å². The molecule has 1 heterocycles. The number of ether oxygens (including phenoxy) is 1. The second-order valence-corrected chi connectivity index (χ2v) is 4.98. The van der Waals surface area contributed by atoms with Crippen LogP contribution in [0.15, 0.2) is 30.5 Å². The Morgan fingerprint density at radius 2 is 2.05 bits per heavy atom. The summed E-state index contributed by atoms with van der Waals surface area (Å²) in [5.41, 5.74) is 1.28. The summed E-state index contributed by atoms with van der Waals surface area (Å²) >= 11 is 12.0. The summed E-state index contributed by atoms with van der Waals surface area (Å²) in [7, 11) is 3.17. The lowest BCUT2D eigenvalue weighted by atomic mass is 10.0. The summed E-state index contributed by atoms with van der Waals surface area (Å²) in [5.74, 6) is -0.242. The van der Waals surface area contributed by atoms with Gasteiger partial charge in [0.25, 0.3) is 0 Å². The molecule has 0 saturated heterocycles. The zero-order valence-corrected chi connectivity index (χ0v) is 12.5. The first-order valence-corrected chi connectivity index (χ1v) is 6.64. The SMILES string of the molecule is CNC(c1ccc(OC)c(F)c1)c1ncc(Cl)cc1Cl. The van der Waals surface area contributed by atoms with Crippen LogP contribution >= 0.6 is 23.2 Å². The van der Waals surface area contributed by atoms with E-state index in [9.17, 15) is 4.39 Å². The third kappa shape index (κ3) is 3.03. The Morgan fingerprint density at radius 1 is 1.30 bits per heavy atom. The molecular formula is C14H13Cl2FN2O. The van der Waals surface area contributed by atoms with Crippen molar-refractivity contribution >= 4 is 23.2 Å². The normalized spacial score (nSPS) is 12.2. The molecule has 0 saturated carbocycles. The number of methoxy groups -OCH3 is 1. The second kappa shape index (κ2) is 6.39. The minimum absolute atomic E-state index is 0.193. The summed E-state index contributed by atoms with van der Waals surface area (Å²) in [6.07, 6.45) is 1.51. The van der Waals surface area contributed by atoms with E-state index in [1.54, 1.807) is 25.2 Å². The van der Waals surface area contributed by atoms with Gasteiger partial charge in [0, 0.05) is 6.20 Å². The lowest BCUT2D eigenvalue weighted by Gasteiger charge is -2.18. The summed E-state index contributed by atoms with van der Waals surface area (Å²) < 4.78 is 18.7. The van der Waals surface area contributed by atoms with Gasteiger partial charge in [-0.3, -0.25) is 4.98 Å². The molecule has 1 unspecified atom stereocenters. The smallest absolute Gasteiger partial charge is 0.165 e. The third-order valence-corrected chi connectivity index (χ3v) is 3.42. The van der Waals surface area contributed by atoms with Crippen LogP contribution in [0.5, 0.6) is 5.75 Å². The molecule has 1 atom stereocenters. The van der Waals surface area contributed by atoms with Gasteiger partial charge in [0.1, 0.15) is 0 Å². The lowest BCUT2D eigenvalue weighted by Crippen LogP contribution is -2.19. The maximum Gasteiger partial charge on any atom is 0.165 e. The molecule has 3 nitrogen and oxygen atoms in total. The lowest BCUT2D eigenvalue weighted by molar-refractivity contribution is 0.386. The van der Waals surface area contributed by atoms with Gasteiger partial charge in [0.05, 0.1) is 28.9 Å². The van der Waals surface area contributed by atoms with E-state index in [1.807, 2.05) is 0 Å². The monoisotopic (exact) mass is 314 g/mol. The van der Waals surface area contributed by atoms with Crippen molar-refractivity contribution in [1.82, 2.24) is 10.3 Å². The minimum Gasteiger partial charge on any atom is -0.494 e. The number of nitrogens with one attached hydrogen (secondary N) is 1. The van der Waals surface area contributed by atoms with Crippen LogP contribution in [-0.4, -0.2) is 19.1 Å². The zero-order valence-electron chi connectivity index (χ0n) is 11.0. The molecule has 0 radical (unpaired) electrons. The van der Waals surface area contributed by atoms with Gasteiger partial charge >= 0.3 is 0 Å². The molecule has 1 aromatic carbocycles. The van der Waals surface area contributed by atoms with E-state index in [4.69, 9.17) is 27.9 Å². The molecule has 1 N–H and O–H groups in total. The van der Waals surface area contributed by atoms with Crippen molar-refractivity contribution in [3.8, 4) is 5.75 Å². The van der Waals surface area contributed by atoms with E-state index >= 15 is 0 Å². The number of hydrogen-bond donors (Lipinski definition) is 1. The quantitative estimate of drug-likeness (QED) is 0.931. The molecule has 0 fully saturated rings. The molecule has 0 aliphatic heterocycles. The molecule has 6 heteroatoms. The Morgan fingerprint density at radius 3 is 2.60 bits per heavy atom. The van der Waals surface area contributed by atoms with E-state index in [-0.39, 0.29) is 11.8 Å². The number of pyridine rings is 1. The average molecular weight is 315 g/mol. The predicted octanol–water partition coefficient (Wildman–Crippen LogP) is 3.84. The Bertz CT molecular complexity index is 622. The highest BCUT2D eigenvalue weighted by molar-refractivity contribution is 6.34. The highest BCUT2D eigenvalue weighted by Crippen LogP contribution is 2.30. The van der Waals surface area contributed by atoms with Crippen LogP contribution in [0.3, 0.4) is 0 Å². The molecule has 1 aromatic heterocycles. The van der Waals surface area contributed by atoms with E-state index in [0.717, 1.165) is 0 Å². The van der Waals surface area contributed by atoms with Crippen LogP contribution in [0, 0.1) is 5.82 Å². The summed E-state index contributed by atoms with van der Waals surface area (Å²) in [5, 5.41) is 3.94. The fraction of sp³-hybridized carbons (Fsp3) is 0.214. The number of rotatable bonds is 4. The van der Waals surface area contributed by atoms with E-state index in [0.29, 0.717) is 21.3 Å². The van der Waals surface area contributed by atoms with Crippen molar-refractivity contribution in [2.24, 2.45) is 0 Å². The van der Waals surface area contributed by atoms with Crippen LogP contribution < -0.4 is 10.1 Å². The van der Waals surface area contributed by atoms with Crippen LogP contribution in [0.1, 0.15) is 17.3 Å². The van der Waals surface area contributed by atoms with Gasteiger partial charge in [-0.2, -0.15) is 0 Å². The zero-order chi connectivity index (χ0) is 14.7. The Labute approximate surface area is 126 Å². The molecular weight excluding hydrogens is 302 g/mol. The first-order valence-electron chi connectivity index (χ1n) is 5.88. The number of nitrogens with zero attached hydrogens (tertiary/aromatic N) is 1. The minimum atomic E-state index is -0.435. The highest BCUT2D eigenvalue weighted by Gasteiger charge is 2.18. The van der Waals surface area contributed by atoms with E-state index < -0.39 is 5.82 Å². The molecule has 2 rings (SSSR count). The number of benzene rings is 1. The number of aromatic nitrogens is 1. The van der Waals surface area contributed by atoms with Crippen molar-refractivity contribution in [2.45, 2.75) is 6.04 Å². The predicted molar refractivity (Wildman–Crippen MR) is 78.1 cm³/mol. The second-order valence-electron chi connectivity index (χ2n) is 4.14. The fourth-order valence-corrected chi connectivity index (χ4v) is 2.45. The number of halogens is 3. The Balaban J connectivity index is 2.44. The maximum atomic E-state index is 13.8. The highest BCUT2D eigenvalue weighted by atomic mass is 35.5. The first kappa shape index (κ1) is 15.0. The molecule has 2 aromatic rings. The summed E-state index contributed by atoms with van der Waals surface area (Å²) in [6.45, 7) is 0. The molecule has 20 heavy (non-hydrogen) atoms. The first-order chi connectivity index (χ1) is 9.56. The van der Waals surface area contributed by atoms with Crippen LogP contribution in [0.2, 0.25) is 10.0 Å². The Hall–Kier alpha value is -1.36. The molecule has 0 aliphatic rings. The average Bonchev–Trinajstić information content (AvgIpc) is 2.42. The van der Waals surface area contributed by atoms with Gasteiger partial charge in [-0.1, -0.05) is 29.3 Å². The topological polar surface area (TPSA) is 34.1 Å². The molecule has 0 bridgehead atoms. The molecule has 0 spiro atoms. The van der Waals surface area contributed by atoms with Crippen molar-refractivity contribution < 1.29 is 9.13 Å². The van der Waals surface area contributed by atoms with Crippen molar-refractivity contribution in [2.75, 3.05) is 14.2 Å². The van der Waals surface area contributed by atoms with E-state index in [2.05, 4.69) is 10.3 Å². The third-order valence-electron chi connectivity index (χ3n) is 2.91. The number of hydrogen-bond acceptors (Lipinski definition) is 3. The van der Waals surface area contributed by atoms with Gasteiger partial charge in [-0.25, -0.2) is 4.39 Å².